The molecule has 0 fully saturated rings. The van der Waals surface area contributed by atoms with Gasteiger partial charge in [0.1, 0.15) is 11.5 Å². The molecule has 0 saturated heterocycles. The second-order valence-electron chi connectivity index (χ2n) is 12.3. The smallest absolute Gasteiger partial charge is 0.440 e. The Balaban J connectivity index is 1.45. The normalized spacial score (nSPS) is 14.0. The Bertz CT molecular complexity index is 2400. The van der Waals surface area contributed by atoms with E-state index in [9.17, 15) is 22.3 Å². The number of rotatable bonds is 8. The average Bonchev–Trinajstić information content (AvgIpc) is 3.85. The molecule has 0 bridgehead atoms. The SMILES string of the molecule is Cc1nc(-c2ccc3c(c2)OC(F)(F)O3)c(-c2cc(-c3cc(F)c(CO)c(S(C)(=O)=O)c3)ccc2-c2cc(C(C)(C)c3nnco3)nn2C)o1. The van der Waals surface area contributed by atoms with Gasteiger partial charge in [-0.3, -0.25) is 4.68 Å². The van der Waals surface area contributed by atoms with E-state index in [-0.39, 0.29) is 44.9 Å². The van der Waals surface area contributed by atoms with Crippen molar-refractivity contribution >= 4 is 9.84 Å². The molecule has 0 unspecified atom stereocenters. The van der Waals surface area contributed by atoms with Crippen LogP contribution in [-0.4, -0.2) is 51.0 Å². The Morgan fingerprint density at radius 1 is 0.960 bits per heavy atom. The molecule has 1 aliphatic rings. The summed E-state index contributed by atoms with van der Waals surface area (Å²) in [6.07, 6.45) is -1.67. The monoisotopic (exact) mass is 707 g/mol. The van der Waals surface area contributed by atoms with Crippen molar-refractivity contribution in [1.29, 1.82) is 0 Å². The lowest BCUT2D eigenvalue weighted by atomic mass is 9.88. The fraction of sp³-hybridized carbons (Fsp3) is 0.235. The molecular weight excluding hydrogens is 679 g/mol. The molecule has 0 spiro atoms. The van der Waals surface area contributed by atoms with Crippen molar-refractivity contribution < 1.29 is 45.0 Å². The van der Waals surface area contributed by atoms with Crippen molar-refractivity contribution in [3.63, 3.8) is 0 Å². The quantitative estimate of drug-likeness (QED) is 0.186. The van der Waals surface area contributed by atoms with Gasteiger partial charge in [0, 0.05) is 42.5 Å². The van der Waals surface area contributed by atoms with E-state index in [1.54, 1.807) is 36.9 Å². The van der Waals surface area contributed by atoms with Crippen LogP contribution in [0, 0.1) is 12.7 Å². The van der Waals surface area contributed by atoms with Gasteiger partial charge in [-0.2, -0.15) is 5.10 Å². The molecule has 1 aliphatic heterocycles. The number of hydrogen-bond acceptors (Lipinski definition) is 11. The summed E-state index contributed by atoms with van der Waals surface area (Å²) in [4.78, 5) is 4.22. The van der Waals surface area contributed by atoms with Crippen LogP contribution in [0.4, 0.5) is 13.2 Å². The number of fused-ring (bicyclic) bond motifs is 1. The molecule has 4 heterocycles. The van der Waals surface area contributed by atoms with Crippen molar-refractivity contribution in [3.05, 3.63) is 89.8 Å². The zero-order valence-electron chi connectivity index (χ0n) is 27.2. The third-order valence-corrected chi connectivity index (χ3v) is 9.57. The zero-order valence-corrected chi connectivity index (χ0v) is 28.0. The lowest BCUT2D eigenvalue weighted by Crippen LogP contribution is -2.25. The summed E-state index contributed by atoms with van der Waals surface area (Å²) in [5.74, 6) is -0.432. The highest BCUT2D eigenvalue weighted by Crippen LogP contribution is 2.46. The minimum atomic E-state index is -3.93. The zero-order chi connectivity index (χ0) is 35.7. The Morgan fingerprint density at radius 2 is 1.70 bits per heavy atom. The van der Waals surface area contributed by atoms with Crippen molar-refractivity contribution in [3.8, 4) is 56.5 Å². The highest BCUT2D eigenvalue weighted by Gasteiger charge is 2.43. The number of aliphatic hydroxyl groups excluding tert-OH is 1. The van der Waals surface area contributed by atoms with E-state index >= 15 is 4.39 Å². The van der Waals surface area contributed by atoms with Crippen LogP contribution >= 0.6 is 0 Å². The Labute approximate surface area is 283 Å². The van der Waals surface area contributed by atoms with E-state index < -0.39 is 34.0 Å². The third-order valence-electron chi connectivity index (χ3n) is 8.41. The van der Waals surface area contributed by atoms with Gasteiger partial charge in [-0.1, -0.05) is 12.1 Å². The van der Waals surface area contributed by atoms with Gasteiger partial charge in [0.2, 0.25) is 12.3 Å². The molecule has 0 aliphatic carbocycles. The Kier molecular flexibility index (Phi) is 7.63. The highest BCUT2D eigenvalue weighted by atomic mass is 32.2. The van der Waals surface area contributed by atoms with Crippen molar-refractivity contribution in [1.82, 2.24) is 25.0 Å². The average molecular weight is 708 g/mol. The number of aliphatic hydroxyl groups is 1. The van der Waals surface area contributed by atoms with Crippen LogP contribution in [0.25, 0.3) is 45.0 Å². The topological polar surface area (TPSA) is 156 Å². The summed E-state index contributed by atoms with van der Waals surface area (Å²) in [6, 6.07) is 13.6. The molecule has 3 aromatic heterocycles. The lowest BCUT2D eigenvalue weighted by molar-refractivity contribution is -0.286. The van der Waals surface area contributed by atoms with Crippen LogP contribution in [-0.2, 0) is 28.9 Å². The second-order valence-corrected chi connectivity index (χ2v) is 14.3. The minimum Gasteiger partial charge on any atom is -0.440 e. The fourth-order valence-electron chi connectivity index (χ4n) is 5.88. The number of benzene rings is 3. The van der Waals surface area contributed by atoms with E-state index in [1.165, 1.54) is 30.7 Å². The second kappa shape index (κ2) is 11.6. The largest absolute Gasteiger partial charge is 0.586 e. The highest BCUT2D eigenvalue weighted by molar-refractivity contribution is 7.90. The molecule has 258 valence electrons. The van der Waals surface area contributed by atoms with E-state index in [2.05, 4.69) is 24.7 Å². The summed E-state index contributed by atoms with van der Waals surface area (Å²) in [5.41, 5.74) is 2.33. The number of hydrogen-bond donors (Lipinski definition) is 1. The lowest BCUT2D eigenvalue weighted by Gasteiger charge is -2.16. The molecule has 0 atom stereocenters. The molecule has 0 amide bonds. The first-order valence-electron chi connectivity index (χ1n) is 15.0. The van der Waals surface area contributed by atoms with E-state index in [1.807, 2.05) is 19.9 Å². The summed E-state index contributed by atoms with van der Waals surface area (Å²) >= 11 is 0. The number of nitrogens with zero attached hydrogens (tertiary/aromatic N) is 5. The van der Waals surface area contributed by atoms with Gasteiger partial charge in [0.25, 0.3) is 0 Å². The van der Waals surface area contributed by atoms with Gasteiger partial charge in [-0.05, 0) is 67.4 Å². The van der Waals surface area contributed by atoms with Crippen LogP contribution in [0.5, 0.6) is 11.5 Å². The standard InChI is InChI=1S/C34H28F3N5O7S/c1-17-39-30(19-7-9-26-27(12-19)49-34(36,37)48-26)31(47-17)22-10-18(20-11-24(35)23(15-43)28(13-20)50(5,44)45)6-8-21(22)25-14-29(41-42(25)4)33(2,3)32-40-38-16-46-32/h6-14,16,43H,15H2,1-5H3. The molecule has 12 nitrogen and oxygen atoms in total. The number of aryl methyl sites for hydroxylation is 2. The predicted molar refractivity (Wildman–Crippen MR) is 171 cm³/mol. The van der Waals surface area contributed by atoms with Gasteiger partial charge >= 0.3 is 6.29 Å². The molecule has 1 N–H and O–H groups in total. The number of ether oxygens (including phenoxy) is 2. The van der Waals surface area contributed by atoms with Crippen molar-refractivity contribution in [2.75, 3.05) is 6.26 Å². The van der Waals surface area contributed by atoms with Crippen LogP contribution in [0.2, 0.25) is 0 Å². The van der Waals surface area contributed by atoms with E-state index in [0.717, 1.165) is 12.3 Å². The van der Waals surface area contributed by atoms with Crippen LogP contribution in [0.3, 0.4) is 0 Å². The van der Waals surface area contributed by atoms with Gasteiger partial charge in [0.05, 0.1) is 28.3 Å². The number of halogens is 3. The van der Waals surface area contributed by atoms with Gasteiger partial charge < -0.3 is 23.4 Å². The fourth-order valence-corrected chi connectivity index (χ4v) is 6.83. The molecule has 0 radical (unpaired) electrons. The first kappa shape index (κ1) is 33.0. The molecule has 16 heteroatoms. The van der Waals surface area contributed by atoms with Crippen LogP contribution < -0.4 is 9.47 Å². The first-order chi connectivity index (χ1) is 23.6. The van der Waals surface area contributed by atoms with Crippen LogP contribution in [0.1, 0.15) is 36.9 Å². The molecule has 6 aromatic rings. The molecule has 50 heavy (non-hydrogen) atoms. The minimum absolute atomic E-state index is 0.149. The summed E-state index contributed by atoms with van der Waals surface area (Å²) < 4.78 is 90.8. The van der Waals surface area contributed by atoms with Gasteiger partial charge in [0.15, 0.2) is 33.0 Å². The Morgan fingerprint density at radius 3 is 2.40 bits per heavy atom. The number of sulfone groups is 1. The summed E-state index contributed by atoms with van der Waals surface area (Å²) in [6.45, 7) is 4.56. The van der Waals surface area contributed by atoms with Crippen molar-refractivity contribution in [2.45, 2.75) is 44.0 Å². The van der Waals surface area contributed by atoms with E-state index in [0.29, 0.717) is 39.5 Å². The predicted octanol–water partition coefficient (Wildman–Crippen LogP) is 6.45. The summed E-state index contributed by atoms with van der Waals surface area (Å²) in [7, 11) is -2.19. The Hall–Kier alpha value is -5.48. The maximum Gasteiger partial charge on any atom is 0.586 e. The third kappa shape index (κ3) is 5.69. The molecular formula is C34H28F3N5O7S. The summed E-state index contributed by atoms with van der Waals surface area (Å²) in [5, 5.41) is 22.4. The maximum atomic E-state index is 15.3. The van der Waals surface area contributed by atoms with Gasteiger partial charge in [-0.25, -0.2) is 17.8 Å². The maximum absolute atomic E-state index is 15.3. The molecule has 3 aromatic carbocycles. The molecule has 7 rings (SSSR count). The van der Waals surface area contributed by atoms with Crippen molar-refractivity contribution in [2.24, 2.45) is 7.05 Å². The number of oxazole rings is 1. The number of alkyl halides is 2. The van der Waals surface area contributed by atoms with E-state index in [4.69, 9.17) is 13.9 Å². The first-order valence-corrected chi connectivity index (χ1v) is 16.9. The number of aromatic nitrogens is 5. The molecule has 0 saturated carbocycles. The van der Waals surface area contributed by atoms with Crippen LogP contribution in [0.15, 0.2) is 74.7 Å². The van der Waals surface area contributed by atoms with Gasteiger partial charge in [-0.15, -0.1) is 19.0 Å².